The van der Waals surface area contributed by atoms with Crippen molar-refractivity contribution in [2.24, 2.45) is 17.8 Å². The number of likely N-dealkylation sites (N-methyl/N-ethyl adjacent to an activating group) is 1. The summed E-state index contributed by atoms with van der Waals surface area (Å²) in [5.41, 5.74) is -4.88. The van der Waals surface area contributed by atoms with Crippen LogP contribution in [0.15, 0.2) is 72.8 Å². The zero-order valence-electron chi connectivity index (χ0n) is 53.3. The molecule has 6 rings (SSSR count). The zero-order valence-corrected chi connectivity index (χ0v) is 57.3. The quantitative estimate of drug-likeness (QED) is 0.0349. The minimum atomic E-state index is -10.7. The van der Waals surface area contributed by atoms with Crippen LogP contribution in [0, 0.1) is 17.8 Å². The monoisotopic (exact) mass is 1370 g/mol. The molecule has 0 aromatic heterocycles. The number of carbonyl (C=O) groups excluding carboxylic acids is 2. The average Bonchev–Trinajstić information content (AvgIpc) is 1.41. The Morgan fingerprint density at radius 2 is 1.22 bits per heavy atom. The molecule has 3 aromatic carbocycles. The SMILES string of the molecule is CC[C@H]1OC(=O)[C@H](C)[C@@H](O[C@H]2C[C@@](C)(OC)[C@@H](O)[C@H](C)O2)[C@H](C)[C@@H](O[C@@H]2O[C@H](C)C[C@H](N(C)C)[C@H]2O)[C@](C)(O)C[C@@H](C)CN(C(=O)CCCCCCC[P+](c2ccc(Cl)cc2)(c2ccc(Cl)cc2)c2ccc(Cl)cc2)[C@H](C)[C@@H](O)[C@]1(C)O.F[P-](F)(F)(F)(F)F. The summed E-state index contributed by atoms with van der Waals surface area (Å²) in [6.45, 7) is 17.3. The molecule has 3 saturated heterocycles. The van der Waals surface area contributed by atoms with E-state index in [4.69, 9.17) is 63.2 Å². The molecule has 3 aliphatic rings. The van der Waals surface area contributed by atoms with Crippen LogP contribution in [0.3, 0.4) is 0 Å². The van der Waals surface area contributed by atoms with Crippen LogP contribution in [0.5, 0.6) is 0 Å². The van der Waals surface area contributed by atoms with Crippen LogP contribution in [0.2, 0.25) is 15.1 Å². The molecular weight excluding hydrogens is 1270 g/mol. The molecule has 89 heavy (non-hydrogen) atoms. The van der Waals surface area contributed by atoms with Gasteiger partial charge in [0.1, 0.15) is 53.2 Å². The van der Waals surface area contributed by atoms with Gasteiger partial charge in [-0.15, -0.1) is 0 Å². The van der Waals surface area contributed by atoms with Crippen LogP contribution in [-0.4, -0.2) is 171 Å². The van der Waals surface area contributed by atoms with Crippen molar-refractivity contribution < 1.29 is 88.7 Å². The first-order valence-electron chi connectivity index (χ1n) is 30.5. The predicted octanol–water partition coefficient (Wildman–Crippen LogP) is 12.5. The Bertz CT molecular complexity index is 2630. The molecule has 1 amide bonds. The van der Waals surface area contributed by atoms with Crippen LogP contribution in [-0.2, 0) is 38.0 Å². The number of aliphatic hydroxyl groups is 5. The maximum absolute atomic E-state index is 14.8. The van der Waals surface area contributed by atoms with Crippen molar-refractivity contribution in [2.45, 2.75) is 224 Å². The standard InChI is InChI=1S/C63H95Cl3N2O13P.F6P/c1-14-51-63(10,75)56(71)42(6)68(52(69)20-18-16-15-17-19-33-82(47-27-21-44(64)22-28-47,48-29-23-45(65)24-30-48)49-31-25-46(66)26-32-49)37-38(2)35-61(8,74)58(81-60-54(70)50(67(11)12)34-39(3)77-60)40(4)55(41(5)59(73)79-51)80-53-36-62(9,76-13)57(72)43(7)78-53;1-7(2,3,4,5)6/h21-32,38-43,50-51,53-58,60,70-72,74-75H,14-20,33-37H2,1-13H3;/q+1;-1/t38-,39-,40+,41-,42-,43+,50+,51-,53+,54-,55+,56-,57+,58-,60+,61-,62-,63-;/m1./s1. The number of hydrogen-bond donors (Lipinski definition) is 5. The van der Waals surface area contributed by atoms with E-state index in [1.54, 1.807) is 53.4 Å². The van der Waals surface area contributed by atoms with Crippen molar-refractivity contribution in [1.29, 1.82) is 0 Å². The van der Waals surface area contributed by atoms with Gasteiger partial charge in [-0.3, -0.25) is 9.59 Å². The number of cyclic esters (lactones) is 1. The second-order valence-electron chi connectivity index (χ2n) is 25.7. The fourth-order valence-electron chi connectivity index (χ4n) is 13.1. The average molecular weight is 1370 g/mol. The van der Waals surface area contributed by atoms with E-state index in [0.29, 0.717) is 27.9 Å². The molecule has 0 unspecified atom stereocenters. The molecule has 15 nitrogen and oxygen atoms in total. The van der Waals surface area contributed by atoms with Gasteiger partial charge in [0, 0.05) is 53.5 Å². The Morgan fingerprint density at radius 1 is 0.742 bits per heavy atom. The topological polar surface area (TPSA) is 197 Å². The third-order valence-electron chi connectivity index (χ3n) is 17.9. The summed E-state index contributed by atoms with van der Waals surface area (Å²) in [7, 11) is -7.63. The number of ether oxygens (including phenoxy) is 6. The zero-order chi connectivity index (χ0) is 67.1. The van der Waals surface area contributed by atoms with Gasteiger partial charge in [0.2, 0.25) is 5.91 Å². The molecule has 3 fully saturated rings. The molecule has 0 bridgehead atoms. The van der Waals surface area contributed by atoms with Crippen LogP contribution in [0.4, 0.5) is 25.2 Å². The Hall–Kier alpha value is -2.53. The molecule has 5 N–H and O–H groups in total. The molecule has 0 spiro atoms. The number of hydrogen-bond acceptors (Lipinski definition) is 14. The third-order valence-corrected chi connectivity index (χ3v) is 23.2. The van der Waals surface area contributed by atoms with Gasteiger partial charge in [0.05, 0.1) is 53.7 Å². The summed E-state index contributed by atoms with van der Waals surface area (Å²) in [5, 5.41) is 66.3. The summed E-state index contributed by atoms with van der Waals surface area (Å²) in [6, 6.07) is 23.1. The molecule has 3 aliphatic heterocycles. The number of aliphatic hydroxyl groups excluding tert-OH is 3. The van der Waals surface area contributed by atoms with Crippen molar-refractivity contribution in [2.75, 3.05) is 33.9 Å². The molecule has 3 aromatic rings. The molecule has 3 heterocycles. The van der Waals surface area contributed by atoms with E-state index in [-0.39, 0.29) is 50.3 Å². The van der Waals surface area contributed by atoms with Crippen molar-refractivity contribution in [1.82, 2.24) is 9.80 Å². The summed E-state index contributed by atoms with van der Waals surface area (Å²) < 4.78 is 97.5. The number of carbonyl (C=O) groups is 2. The number of unbranched alkanes of at least 4 members (excludes halogenated alkanes) is 4. The van der Waals surface area contributed by atoms with Gasteiger partial charge in [0.25, 0.3) is 0 Å². The Balaban J connectivity index is 0.00000194. The van der Waals surface area contributed by atoms with Crippen molar-refractivity contribution in [3.8, 4) is 0 Å². The first kappa shape index (κ1) is 77.2. The van der Waals surface area contributed by atoms with Crippen molar-refractivity contribution >= 4 is 77.7 Å². The summed E-state index contributed by atoms with van der Waals surface area (Å²) in [4.78, 5) is 33.0. The number of rotatable bonds is 18. The maximum atomic E-state index is 14.8. The fourth-order valence-corrected chi connectivity index (χ4v) is 17.8. The number of nitrogens with zero attached hydrogens (tertiary/aromatic N) is 2. The van der Waals surface area contributed by atoms with Crippen molar-refractivity contribution in [3.63, 3.8) is 0 Å². The van der Waals surface area contributed by atoms with E-state index in [1.165, 1.54) is 29.9 Å². The first-order chi connectivity index (χ1) is 41.0. The molecular formula is C63H95Cl3F6N2O13P2. The Morgan fingerprint density at radius 3 is 1.70 bits per heavy atom. The fraction of sp³-hybridized carbons (Fsp3) is 0.683. The van der Waals surface area contributed by atoms with Crippen molar-refractivity contribution in [3.05, 3.63) is 87.9 Å². The number of methoxy groups -OCH3 is 1. The van der Waals surface area contributed by atoms with Gasteiger partial charge >= 0.3 is 39.0 Å². The van der Waals surface area contributed by atoms with Gasteiger partial charge in [0.15, 0.2) is 12.6 Å². The second kappa shape index (κ2) is 30.5. The Kier molecular flexibility index (Phi) is 26.4. The van der Waals surface area contributed by atoms with Gasteiger partial charge < -0.3 is 63.8 Å². The van der Waals surface area contributed by atoms with Crippen LogP contribution < -0.4 is 15.9 Å². The Labute approximate surface area is 536 Å². The van der Waals surface area contributed by atoms with E-state index < -0.39 is 117 Å². The summed E-state index contributed by atoms with van der Waals surface area (Å²) >= 11 is 19.3. The number of esters is 1. The van der Waals surface area contributed by atoms with Gasteiger partial charge in [-0.1, -0.05) is 68.4 Å². The molecule has 0 aliphatic carbocycles. The van der Waals surface area contributed by atoms with Gasteiger partial charge in [-0.2, -0.15) is 0 Å². The predicted molar refractivity (Wildman–Crippen MR) is 340 cm³/mol. The molecule has 508 valence electrons. The summed E-state index contributed by atoms with van der Waals surface area (Å²) in [5.74, 6) is -3.42. The normalized spacial score (nSPS) is 34.7. The molecule has 18 atom stereocenters. The van der Waals surface area contributed by atoms with Crippen LogP contribution in [0.25, 0.3) is 0 Å². The van der Waals surface area contributed by atoms with Gasteiger partial charge in [-0.05, 0) is 180 Å². The van der Waals surface area contributed by atoms with E-state index in [0.717, 1.165) is 31.8 Å². The number of amides is 1. The third kappa shape index (κ3) is 21.2. The second-order valence-corrected chi connectivity index (χ2v) is 32.6. The number of halogens is 9. The van der Waals surface area contributed by atoms with Crippen LogP contribution >= 0.6 is 49.9 Å². The minimum absolute atomic E-state index is 0.0424. The van der Waals surface area contributed by atoms with Crippen LogP contribution in [0.1, 0.15) is 133 Å². The molecule has 26 heteroatoms. The molecule has 0 saturated carbocycles. The van der Waals surface area contributed by atoms with E-state index in [9.17, 15) is 60.3 Å². The van der Waals surface area contributed by atoms with Gasteiger partial charge in [-0.25, -0.2) is 0 Å². The van der Waals surface area contributed by atoms with E-state index in [2.05, 4.69) is 36.4 Å². The molecule has 0 radical (unpaired) electrons. The number of benzene rings is 3. The summed E-state index contributed by atoms with van der Waals surface area (Å²) in [6.07, 6.45) is -4.75. The van der Waals surface area contributed by atoms with E-state index >= 15 is 0 Å². The van der Waals surface area contributed by atoms with E-state index in [1.807, 2.05) is 69.2 Å². The first-order valence-corrected chi connectivity index (χ1v) is 35.6.